The van der Waals surface area contributed by atoms with Gasteiger partial charge in [0.1, 0.15) is 34.0 Å². The SMILES string of the molecule is COc1ccc(-c2ccc(-c3c4c(c(-c5ccc(-c6ccc(OC(F)(F)F)cc6)s5)c([N+](=O)[O-])c3[N+](=O)[O-])N=S=N4)s2)cc1. The van der Waals surface area contributed by atoms with E-state index in [1.807, 2.05) is 12.1 Å². The molecule has 3 aromatic carbocycles. The summed E-state index contributed by atoms with van der Waals surface area (Å²) in [6.45, 7) is 0. The van der Waals surface area contributed by atoms with Gasteiger partial charge in [-0.15, -0.1) is 35.8 Å². The summed E-state index contributed by atoms with van der Waals surface area (Å²) in [5, 5.41) is 25.1. The fraction of sp³-hybridized carbons (Fsp3) is 0.0714. The van der Waals surface area contributed by atoms with Crippen molar-refractivity contribution in [3.8, 4) is 53.3 Å². The Bertz CT molecular complexity index is 2020. The van der Waals surface area contributed by atoms with Crippen molar-refractivity contribution in [1.29, 1.82) is 0 Å². The summed E-state index contributed by atoms with van der Waals surface area (Å²) in [6, 6.07) is 18.9. The lowest BCUT2D eigenvalue weighted by Gasteiger charge is -2.10. The Hall–Kier alpha value is -4.93. The van der Waals surface area contributed by atoms with Gasteiger partial charge >= 0.3 is 17.7 Å². The second-order valence-electron chi connectivity index (χ2n) is 9.05. The molecule has 6 rings (SSSR count). The summed E-state index contributed by atoms with van der Waals surface area (Å²) < 4.78 is 55.4. The highest BCUT2D eigenvalue weighted by molar-refractivity contribution is 7.58. The lowest BCUT2D eigenvalue weighted by molar-refractivity contribution is -0.421. The van der Waals surface area contributed by atoms with Crippen molar-refractivity contribution in [2.24, 2.45) is 8.73 Å². The normalized spacial score (nSPS) is 12.1. The first kappa shape index (κ1) is 29.2. The maximum Gasteiger partial charge on any atom is 0.573 e. The Balaban J connectivity index is 1.47. The maximum atomic E-state index is 12.6. The molecule has 0 aliphatic carbocycles. The number of thiophene rings is 2. The predicted molar refractivity (Wildman–Crippen MR) is 162 cm³/mol. The second kappa shape index (κ2) is 11.3. The van der Waals surface area contributed by atoms with E-state index in [-0.39, 0.29) is 22.5 Å². The van der Waals surface area contributed by atoms with E-state index in [4.69, 9.17) is 4.74 Å². The molecule has 0 radical (unpaired) electrons. The van der Waals surface area contributed by atoms with Gasteiger partial charge in [-0.2, -0.15) is 8.73 Å². The van der Waals surface area contributed by atoms with Gasteiger partial charge in [0.05, 0.1) is 28.3 Å². The molecular weight excluding hydrogens is 642 g/mol. The number of nitro groups is 2. The molecule has 1 aliphatic rings. The quantitative estimate of drug-likeness (QED) is 0.118. The minimum Gasteiger partial charge on any atom is -0.497 e. The molecule has 44 heavy (non-hydrogen) atoms. The van der Waals surface area contributed by atoms with E-state index in [0.29, 0.717) is 25.9 Å². The summed E-state index contributed by atoms with van der Waals surface area (Å²) >= 11 is 3.07. The van der Waals surface area contributed by atoms with Crippen LogP contribution in [0.2, 0.25) is 0 Å². The molecule has 1 aliphatic heterocycles. The molecule has 0 saturated carbocycles. The monoisotopic (exact) mass is 656 g/mol. The topological polar surface area (TPSA) is 129 Å². The van der Waals surface area contributed by atoms with Crippen LogP contribution in [0.15, 0.2) is 81.5 Å². The molecule has 2 aromatic heterocycles. The van der Waals surface area contributed by atoms with Crippen molar-refractivity contribution < 1.29 is 32.5 Å². The summed E-state index contributed by atoms with van der Waals surface area (Å²) in [7, 11) is 1.55. The van der Waals surface area contributed by atoms with Gasteiger partial charge in [0.15, 0.2) is 0 Å². The van der Waals surface area contributed by atoms with Crippen molar-refractivity contribution in [2.75, 3.05) is 7.11 Å². The molecule has 222 valence electrons. The van der Waals surface area contributed by atoms with Gasteiger partial charge in [0.2, 0.25) is 0 Å². The number of nitro benzene ring substituents is 2. The van der Waals surface area contributed by atoms with Gasteiger partial charge in [0.25, 0.3) is 0 Å². The highest BCUT2D eigenvalue weighted by atomic mass is 32.1. The Labute approximate surface area is 257 Å². The number of methoxy groups -OCH3 is 1. The molecule has 0 amide bonds. The minimum absolute atomic E-state index is 0.00371. The van der Waals surface area contributed by atoms with Crippen LogP contribution in [0.5, 0.6) is 11.5 Å². The van der Waals surface area contributed by atoms with Crippen LogP contribution >= 0.6 is 22.7 Å². The van der Waals surface area contributed by atoms with Crippen molar-refractivity contribution >= 4 is 56.8 Å². The van der Waals surface area contributed by atoms with Crippen molar-refractivity contribution in [2.45, 2.75) is 6.36 Å². The fourth-order valence-corrected chi connectivity index (χ4v) is 7.31. The van der Waals surface area contributed by atoms with Crippen LogP contribution in [-0.2, 0) is 11.4 Å². The Morgan fingerprint density at radius 3 is 1.45 bits per heavy atom. The number of ether oxygens (including phenoxy) is 2. The standard InChI is InChI=1S/C28H15F3N4O6S3/c1-40-16-6-2-14(3-7-16)18-10-12-20(42-18)22-24-25(33-44-32-24)23(27(35(38)39)26(22)34(36)37)21-13-11-19(43-21)15-4-8-17(9-5-15)41-28(29,30)31/h2-13H,1H3. The summed E-state index contributed by atoms with van der Waals surface area (Å²) in [5.74, 6) is 0.255. The molecule has 16 heteroatoms. The second-order valence-corrected chi connectivity index (χ2v) is 11.7. The minimum atomic E-state index is -4.84. The third kappa shape index (κ3) is 5.45. The molecule has 0 spiro atoms. The number of fused-ring (bicyclic) bond motifs is 1. The zero-order valence-corrected chi connectivity index (χ0v) is 24.5. The van der Waals surface area contributed by atoms with Crippen molar-refractivity contribution in [3.63, 3.8) is 0 Å². The van der Waals surface area contributed by atoms with Gasteiger partial charge < -0.3 is 9.47 Å². The largest absolute Gasteiger partial charge is 0.573 e. The first-order valence-electron chi connectivity index (χ1n) is 12.4. The summed E-state index contributed by atoms with van der Waals surface area (Å²) in [4.78, 5) is 25.5. The van der Waals surface area contributed by atoms with Gasteiger partial charge in [-0.3, -0.25) is 20.2 Å². The van der Waals surface area contributed by atoms with E-state index in [0.717, 1.165) is 45.3 Å². The zero-order valence-electron chi connectivity index (χ0n) is 22.0. The number of rotatable bonds is 8. The third-order valence-corrected chi connectivity index (χ3v) is 9.31. The number of halogens is 3. The lowest BCUT2D eigenvalue weighted by Crippen LogP contribution is -2.16. The predicted octanol–water partition coefficient (Wildman–Crippen LogP) is 9.93. The van der Waals surface area contributed by atoms with Crippen LogP contribution in [-0.4, -0.2) is 23.3 Å². The highest BCUT2D eigenvalue weighted by Crippen LogP contribution is 2.59. The Morgan fingerprint density at radius 2 is 1.07 bits per heavy atom. The molecule has 10 nitrogen and oxygen atoms in total. The molecular formula is C28H15F3N4O6S3. The van der Waals surface area contributed by atoms with Gasteiger partial charge in [0, 0.05) is 19.5 Å². The molecule has 0 atom stereocenters. The van der Waals surface area contributed by atoms with Crippen LogP contribution in [0.1, 0.15) is 0 Å². The van der Waals surface area contributed by atoms with Crippen molar-refractivity contribution in [1.82, 2.24) is 0 Å². The highest BCUT2D eigenvalue weighted by Gasteiger charge is 2.41. The average molecular weight is 657 g/mol. The van der Waals surface area contributed by atoms with E-state index < -0.39 is 33.3 Å². The van der Waals surface area contributed by atoms with Crippen LogP contribution in [0, 0.1) is 20.2 Å². The summed E-state index contributed by atoms with van der Waals surface area (Å²) in [6.07, 6.45) is -4.84. The van der Waals surface area contributed by atoms with E-state index >= 15 is 0 Å². The zero-order chi connectivity index (χ0) is 31.2. The first-order chi connectivity index (χ1) is 21.0. The van der Waals surface area contributed by atoms with Crippen molar-refractivity contribution in [3.05, 3.63) is 93.0 Å². The van der Waals surface area contributed by atoms with Crippen LogP contribution < -0.4 is 9.47 Å². The molecule has 0 saturated heterocycles. The number of benzene rings is 3. The number of nitrogens with zero attached hydrogens (tertiary/aromatic N) is 4. The average Bonchev–Trinajstić information content (AvgIpc) is 3.77. The lowest BCUT2D eigenvalue weighted by atomic mass is 9.98. The van der Waals surface area contributed by atoms with Crippen LogP contribution in [0.3, 0.4) is 0 Å². The Morgan fingerprint density at radius 1 is 0.659 bits per heavy atom. The summed E-state index contributed by atoms with van der Waals surface area (Å²) in [5.41, 5.74) is 0.113. The number of hydrogen-bond acceptors (Lipinski definition) is 10. The van der Waals surface area contributed by atoms with E-state index in [1.165, 1.54) is 23.5 Å². The van der Waals surface area contributed by atoms with Gasteiger partial charge in [-0.25, -0.2) is 0 Å². The molecule has 3 heterocycles. The molecule has 5 aromatic rings. The molecule has 0 bridgehead atoms. The van der Waals surface area contributed by atoms with E-state index in [9.17, 15) is 33.4 Å². The van der Waals surface area contributed by atoms with E-state index in [1.54, 1.807) is 43.5 Å². The van der Waals surface area contributed by atoms with Crippen LogP contribution in [0.4, 0.5) is 35.9 Å². The first-order valence-corrected chi connectivity index (χ1v) is 14.7. The van der Waals surface area contributed by atoms with Gasteiger partial charge in [-0.1, -0.05) is 0 Å². The van der Waals surface area contributed by atoms with Gasteiger partial charge in [-0.05, 0) is 83.9 Å². The number of hydrogen-bond donors (Lipinski definition) is 0. The Kier molecular flexibility index (Phi) is 7.48. The molecule has 0 unspecified atom stereocenters. The van der Waals surface area contributed by atoms with Crippen LogP contribution in [0.25, 0.3) is 41.8 Å². The number of alkyl halides is 3. The third-order valence-electron chi connectivity index (χ3n) is 6.48. The smallest absolute Gasteiger partial charge is 0.497 e. The van der Waals surface area contributed by atoms with E-state index in [2.05, 4.69) is 13.5 Å². The fourth-order valence-electron chi connectivity index (χ4n) is 4.63. The maximum absolute atomic E-state index is 12.6. The molecule has 0 N–H and O–H groups in total. The molecule has 0 fully saturated rings.